The van der Waals surface area contributed by atoms with Crippen LogP contribution in [-0.4, -0.2) is 25.7 Å². The lowest BCUT2D eigenvalue weighted by atomic mass is 10.00. The van der Waals surface area contributed by atoms with E-state index in [0.29, 0.717) is 0 Å². The molecule has 20 heavy (non-hydrogen) atoms. The highest BCUT2D eigenvalue weighted by atomic mass is 19.3. The first-order valence-corrected chi connectivity index (χ1v) is 6.14. The molecule has 0 saturated carbocycles. The summed E-state index contributed by atoms with van der Waals surface area (Å²) in [7, 11) is 1.23. The molecule has 0 atom stereocenters. The van der Waals surface area contributed by atoms with Crippen LogP contribution in [-0.2, 0) is 20.7 Å². The van der Waals surface area contributed by atoms with Crippen molar-refractivity contribution in [3.63, 3.8) is 0 Å². The zero-order valence-electron chi connectivity index (χ0n) is 11.3. The van der Waals surface area contributed by atoms with Crippen LogP contribution in [0.15, 0.2) is 18.2 Å². The highest BCUT2D eigenvalue weighted by Crippen LogP contribution is 2.25. The molecule has 0 unspecified atom stereocenters. The number of carbonyl (C=O) groups is 2. The van der Waals surface area contributed by atoms with E-state index in [-0.39, 0.29) is 36.1 Å². The molecule has 4 nitrogen and oxygen atoms in total. The van der Waals surface area contributed by atoms with Gasteiger partial charge in [0.05, 0.1) is 19.3 Å². The number of halogens is 2. The Morgan fingerprint density at radius 3 is 2.55 bits per heavy atom. The third-order valence-corrected chi connectivity index (χ3v) is 2.72. The van der Waals surface area contributed by atoms with E-state index >= 15 is 0 Å². The molecule has 0 saturated heterocycles. The van der Waals surface area contributed by atoms with Crippen molar-refractivity contribution in [2.24, 2.45) is 0 Å². The monoisotopic (exact) mass is 286 g/mol. The van der Waals surface area contributed by atoms with Gasteiger partial charge in [-0.2, -0.15) is 0 Å². The Balaban J connectivity index is 2.99. The smallest absolute Gasteiger partial charge is 0.338 e. The van der Waals surface area contributed by atoms with Gasteiger partial charge in [0.1, 0.15) is 0 Å². The second-order valence-corrected chi connectivity index (χ2v) is 4.01. The Labute approximate surface area is 115 Å². The van der Waals surface area contributed by atoms with Gasteiger partial charge in [-0.1, -0.05) is 6.07 Å². The summed E-state index contributed by atoms with van der Waals surface area (Å²) < 4.78 is 35.0. The van der Waals surface area contributed by atoms with Crippen molar-refractivity contribution in [2.45, 2.75) is 26.2 Å². The minimum atomic E-state index is -2.67. The number of hydrogen-bond donors (Lipinski definition) is 0. The van der Waals surface area contributed by atoms with Crippen LogP contribution in [0.3, 0.4) is 0 Å². The summed E-state index contributed by atoms with van der Waals surface area (Å²) in [5, 5.41) is 0. The summed E-state index contributed by atoms with van der Waals surface area (Å²) in [5.74, 6) is -1.07. The van der Waals surface area contributed by atoms with Crippen LogP contribution >= 0.6 is 0 Å². The van der Waals surface area contributed by atoms with Gasteiger partial charge in [-0.3, -0.25) is 4.79 Å². The topological polar surface area (TPSA) is 52.6 Å². The fourth-order valence-electron chi connectivity index (χ4n) is 1.72. The van der Waals surface area contributed by atoms with Gasteiger partial charge in [0.2, 0.25) is 0 Å². The molecule has 0 aromatic heterocycles. The normalized spacial score (nSPS) is 10.4. The van der Waals surface area contributed by atoms with E-state index in [1.807, 2.05) is 0 Å². The highest BCUT2D eigenvalue weighted by molar-refractivity contribution is 5.89. The Hall–Kier alpha value is -1.98. The number of esters is 2. The first-order valence-electron chi connectivity index (χ1n) is 6.14. The molecular formula is C14H16F2O4. The molecule has 1 aromatic carbocycles. The molecule has 1 aromatic rings. The molecular weight excluding hydrogens is 270 g/mol. The summed E-state index contributed by atoms with van der Waals surface area (Å²) >= 11 is 0. The summed E-state index contributed by atoms with van der Waals surface area (Å²) in [6.45, 7) is 1.86. The molecule has 0 aliphatic carbocycles. The van der Waals surface area contributed by atoms with Crippen LogP contribution in [0.1, 0.15) is 41.3 Å². The maximum absolute atomic E-state index is 12.9. The van der Waals surface area contributed by atoms with Crippen LogP contribution in [0.2, 0.25) is 0 Å². The van der Waals surface area contributed by atoms with Crippen LogP contribution in [0.5, 0.6) is 0 Å². The number of methoxy groups -OCH3 is 1. The van der Waals surface area contributed by atoms with E-state index in [4.69, 9.17) is 4.74 Å². The molecule has 0 aliphatic rings. The van der Waals surface area contributed by atoms with Crippen LogP contribution in [0, 0.1) is 0 Å². The maximum Gasteiger partial charge on any atom is 0.338 e. The van der Waals surface area contributed by atoms with Crippen molar-refractivity contribution >= 4 is 11.9 Å². The molecule has 0 fully saturated rings. The van der Waals surface area contributed by atoms with E-state index in [9.17, 15) is 18.4 Å². The fourth-order valence-corrected chi connectivity index (χ4v) is 1.72. The molecule has 0 bridgehead atoms. The molecule has 0 spiro atoms. The summed E-state index contributed by atoms with van der Waals surface area (Å²) in [5.41, 5.74) is 0.244. The lowest BCUT2D eigenvalue weighted by molar-refractivity contribution is -0.140. The Morgan fingerprint density at radius 1 is 1.30 bits per heavy atom. The third kappa shape index (κ3) is 4.29. The second kappa shape index (κ2) is 7.57. The van der Waals surface area contributed by atoms with Crippen LogP contribution in [0.4, 0.5) is 8.78 Å². The molecule has 1 rings (SSSR count). The largest absolute Gasteiger partial charge is 0.469 e. The number of aryl methyl sites for hydroxylation is 1. The van der Waals surface area contributed by atoms with Gasteiger partial charge in [-0.05, 0) is 31.0 Å². The van der Waals surface area contributed by atoms with E-state index in [0.717, 1.165) is 0 Å². The SMILES string of the molecule is CCOC(=O)c1ccc(C(F)F)c(CCC(=O)OC)c1. The highest BCUT2D eigenvalue weighted by Gasteiger charge is 2.17. The van der Waals surface area contributed by atoms with Gasteiger partial charge in [0.15, 0.2) is 0 Å². The number of ether oxygens (including phenoxy) is 2. The zero-order chi connectivity index (χ0) is 15.1. The van der Waals surface area contributed by atoms with Gasteiger partial charge in [-0.25, -0.2) is 13.6 Å². The quantitative estimate of drug-likeness (QED) is 0.754. The number of rotatable bonds is 6. The molecule has 110 valence electrons. The molecule has 0 amide bonds. The Bertz CT molecular complexity index is 486. The third-order valence-electron chi connectivity index (χ3n) is 2.72. The average Bonchev–Trinajstić information content (AvgIpc) is 2.44. The number of alkyl halides is 2. The zero-order valence-corrected chi connectivity index (χ0v) is 11.3. The van der Waals surface area contributed by atoms with Crippen molar-refractivity contribution in [2.75, 3.05) is 13.7 Å². The van der Waals surface area contributed by atoms with Crippen molar-refractivity contribution in [1.29, 1.82) is 0 Å². The summed E-state index contributed by atoms with van der Waals surface area (Å²) in [6, 6.07) is 3.81. The van der Waals surface area contributed by atoms with Gasteiger partial charge < -0.3 is 9.47 Å². The van der Waals surface area contributed by atoms with Crippen molar-refractivity contribution in [1.82, 2.24) is 0 Å². The molecule has 0 heterocycles. The predicted octanol–water partition coefficient (Wildman–Crippen LogP) is 2.91. The van der Waals surface area contributed by atoms with Crippen LogP contribution < -0.4 is 0 Å². The number of benzene rings is 1. The van der Waals surface area contributed by atoms with Gasteiger partial charge >= 0.3 is 11.9 Å². The van der Waals surface area contributed by atoms with Crippen molar-refractivity contribution < 1.29 is 27.8 Å². The second-order valence-electron chi connectivity index (χ2n) is 4.01. The van der Waals surface area contributed by atoms with Gasteiger partial charge in [0, 0.05) is 12.0 Å². The van der Waals surface area contributed by atoms with E-state index in [2.05, 4.69) is 4.74 Å². The molecule has 0 aliphatic heterocycles. The summed E-state index contributed by atoms with van der Waals surface area (Å²) in [4.78, 5) is 22.7. The average molecular weight is 286 g/mol. The minimum absolute atomic E-state index is 0.0253. The first-order chi connectivity index (χ1) is 9.49. The Kier molecular flexibility index (Phi) is 6.09. The molecule has 6 heteroatoms. The van der Waals surface area contributed by atoms with E-state index in [1.165, 1.54) is 25.3 Å². The summed E-state index contributed by atoms with van der Waals surface area (Å²) in [6.07, 6.45) is -2.61. The number of carbonyl (C=O) groups excluding carboxylic acids is 2. The van der Waals surface area contributed by atoms with E-state index < -0.39 is 18.4 Å². The van der Waals surface area contributed by atoms with Crippen molar-refractivity contribution in [3.05, 3.63) is 34.9 Å². The van der Waals surface area contributed by atoms with Crippen LogP contribution in [0.25, 0.3) is 0 Å². The number of hydrogen-bond acceptors (Lipinski definition) is 4. The standard InChI is InChI=1S/C14H16F2O4/c1-3-20-14(18)10-4-6-11(13(15)16)9(8-10)5-7-12(17)19-2/h4,6,8,13H,3,5,7H2,1-2H3. The lowest BCUT2D eigenvalue weighted by Gasteiger charge is -2.10. The predicted molar refractivity (Wildman–Crippen MR) is 67.7 cm³/mol. The first kappa shape index (κ1) is 16.1. The maximum atomic E-state index is 12.9. The minimum Gasteiger partial charge on any atom is -0.469 e. The molecule has 0 N–H and O–H groups in total. The molecule has 0 radical (unpaired) electrons. The van der Waals surface area contributed by atoms with Crippen molar-refractivity contribution in [3.8, 4) is 0 Å². The Morgan fingerprint density at radius 2 is 2.00 bits per heavy atom. The van der Waals surface area contributed by atoms with E-state index in [1.54, 1.807) is 6.92 Å². The van der Waals surface area contributed by atoms with Gasteiger partial charge in [0.25, 0.3) is 6.43 Å². The van der Waals surface area contributed by atoms with Gasteiger partial charge in [-0.15, -0.1) is 0 Å². The lowest BCUT2D eigenvalue weighted by Crippen LogP contribution is -2.08. The fraction of sp³-hybridized carbons (Fsp3) is 0.429.